The van der Waals surface area contributed by atoms with Crippen LogP contribution in [-0.2, 0) is 14.8 Å². The van der Waals surface area contributed by atoms with Gasteiger partial charge in [-0.1, -0.05) is 0 Å². The Balaban J connectivity index is 1.87. The van der Waals surface area contributed by atoms with Crippen molar-refractivity contribution in [3.63, 3.8) is 0 Å². The Morgan fingerprint density at radius 2 is 1.71 bits per heavy atom. The van der Waals surface area contributed by atoms with Gasteiger partial charge in [-0.15, -0.1) is 0 Å². The molecule has 0 bridgehead atoms. The van der Waals surface area contributed by atoms with Gasteiger partial charge < -0.3 is 10.6 Å². The monoisotopic (exact) mass is 357 g/mol. The number of carbonyl (C=O) groups is 1. The Hall–Kier alpha value is -2.59. The molecule has 0 aromatic heterocycles. The average Bonchev–Trinajstić information content (AvgIpc) is 2.48. The second-order valence-corrected chi connectivity index (χ2v) is 6.63. The van der Waals surface area contributed by atoms with E-state index in [0.29, 0.717) is 6.07 Å². The number of carbonyl (C=O) groups excluding carboxylic acids is 1. The molecule has 3 N–H and O–H groups in total. The van der Waals surface area contributed by atoms with Crippen LogP contribution >= 0.6 is 0 Å². The molecule has 6 nitrogen and oxygen atoms in total. The van der Waals surface area contributed by atoms with Crippen molar-refractivity contribution in [3.05, 3.63) is 53.8 Å². The van der Waals surface area contributed by atoms with Gasteiger partial charge in [0, 0.05) is 6.07 Å². The van der Waals surface area contributed by atoms with Gasteiger partial charge in [0.1, 0.15) is 22.3 Å². The quantitative estimate of drug-likeness (QED) is 0.765. The number of anilines is 2. The minimum absolute atomic E-state index is 0.103. The molecule has 24 heavy (non-hydrogen) atoms. The zero-order chi connectivity index (χ0) is 17.5. The zero-order valence-electron chi connectivity index (χ0n) is 11.8. The molecule has 126 valence electrons. The SMILES string of the molecule is O=C(Nc1ccc(F)cc1F)C1Nc2cc(F)ccc2S(=O)(=O)N1. The largest absolute Gasteiger partial charge is 0.360 e. The summed E-state index contributed by atoms with van der Waals surface area (Å²) >= 11 is 0. The van der Waals surface area contributed by atoms with Crippen molar-refractivity contribution in [3.8, 4) is 0 Å². The Morgan fingerprint density at radius 1 is 1.04 bits per heavy atom. The summed E-state index contributed by atoms with van der Waals surface area (Å²) < 4.78 is 65.9. The highest BCUT2D eigenvalue weighted by Gasteiger charge is 2.33. The van der Waals surface area contributed by atoms with Crippen LogP contribution in [0.25, 0.3) is 0 Å². The van der Waals surface area contributed by atoms with Gasteiger partial charge in [-0.25, -0.2) is 21.6 Å². The van der Waals surface area contributed by atoms with Gasteiger partial charge in [0.2, 0.25) is 10.0 Å². The topological polar surface area (TPSA) is 87.3 Å². The summed E-state index contributed by atoms with van der Waals surface area (Å²) in [6.45, 7) is 0. The Bertz CT molecular complexity index is 934. The highest BCUT2D eigenvalue weighted by Crippen LogP contribution is 2.27. The number of halogens is 3. The molecule has 2 aromatic rings. The first-order valence-electron chi connectivity index (χ1n) is 6.60. The van der Waals surface area contributed by atoms with E-state index in [0.717, 1.165) is 30.3 Å². The van der Waals surface area contributed by atoms with Crippen molar-refractivity contribution >= 4 is 27.3 Å². The summed E-state index contributed by atoms with van der Waals surface area (Å²) in [5, 5.41) is 4.63. The summed E-state index contributed by atoms with van der Waals surface area (Å²) in [5.41, 5.74) is -0.430. The molecule has 1 heterocycles. The van der Waals surface area contributed by atoms with E-state index in [2.05, 4.69) is 10.6 Å². The molecule has 1 aliphatic heterocycles. The van der Waals surface area contributed by atoms with Crippen LogP contribution in [0.5, 0.6) is 0 Å². The normalized spacial score (nSPS) is 18.4. The van der Waals surface area contributed by atoms with E-state index in [1.165, 1.54) is 0 Å². The Kier molecular flexibility index (Phi) is 3.93. The van der Waals surface area contributed by atoms with E-state index >= 15 is 0 Å². The van der Waals surface area contributed by atoms with Gasteiger partial charge in [-0.05, 0) is 30.3 Å². The molecule has 1 amide bonds. The van der Waals surface area contributed by atoms with Crippen LogP contribution in [0.4, 0.5) is 24.5 Å². The summed E-state index contributed by atoms with van der Waals surface area (Å²) in [4.78, 5) is 11.9. The Labute approximate surface area is 134 Å². The molecular formula is C14H10F3N3O3S. The average molecular weight is 357 g/mol. The van der Waals surface area contributed by atoms with Gasteiger partial charge in [0.05, 0.1) is 11.4 Å². The van der Waals surface area contributed by atoms with Crippen LogP contribution in [0.15, 0.2) is 41.3 Å². The fourth-order valence-corrected chi connectivity index (χ4v) is 3.43. The summed E-state index contributed by atoms with van der Waals surface area (Å²) in [6, 6.07) is 5.43. The number of hydrogen-bond acceptors (Lipinski definition) is 4. The first-order valence-corrected chi connectivity index (χ1v) is 8.09. The molecule has 10 heteroatoms. The Morgan fingerprint density at radius 3 is 2.42 bits per heavy atom. The van der Waals surface area contributed by atoms with E-state index in [-0.39, 0.29) is 16.3 Å². The third-order valence-electron chi connectivity index (χ3n) is 3.26. The summed E-state index contributed by atoms with van der Waals surface area (Å²) in [7, 11) is -4.06. The van der Waals surface area contributed by atoms with Crippen molar-refractivity contribution in [1.29, 1.82) is 0 Å². The fourth-order valence-electron chi connectivity index (χ4n) is 2.17. The van der Waals surface area contributed by atoms with E-state index in [4.69, 9.17) is 0 Å². The van der Waals surface area contributed by atoms with E-state index < -0.39 is 39.5 Å². The van der Waals surface area contributed by atoms with Crippen molar-refractivity contribution in [2.75, 3.05) is 10.6 Å². The molecule has 1 aliphatic rings. The number of rotatable bonds is 2. The fraction of sp³-hybridized carbons (Fsp3) is 0.0714. The second-order valence-electron chi connectivity index (χ2n) is 4.95. The molecule has 0 saturated heterocycles. The molecule has 0 aliphatic carbocycles. The lowest BCUT2D eigenvalue weighted by atomic mass is 10.2. The zero-order valence-corrected chi connectivity index (χ0v) is 12.6. The summed E-state index contributed by atoms with van der Waals surface area (Å²) in [5.74, 6) is -3.49. The lowest BCUT2D eigenvalue weighted by molar-refractivity contribution is -0.117. The lowest BCUT2D eigenvalue weighted by Crippen LogP contribution is -2.51. The maximum atomic E-state index is 13.6. The predicted octanol–water partition coefficient (Wildman–Crippen LogP) is 1.77. The minimum atomic E-state index is -4.06. The number of fused-ring (bicyclic) bond motifs is 1. The van der Waals surface area contributed by atoms with Gasteiger partial charge >= 0.3 is 0 Å². The lowest BCUT2D eigenvalue weighted by Gasteiger charge is -2.27. The van der Waals surface area contributed by atoms with Gasteiger partial charge in [-0.2, -0.15) is 4.72 Å². The van der Waals surface area contributed by atoms with E-state index in [1.807, 2.05) is 4.72 Å². The molecule has 0 fully saturated rings. The van der Waals surface area contributed by atoms with Crippen LogP contribution in [0.2, 0.25) is 0 Å². The maximum absolute atomic E-state index is 13.6. The van der Waals surface area contributed by atoms with Crippen LogP contribution in [-0.4, -0.2) is 20.5 Å². The van der Waals surface area contributed by atoms with E-state index in [1.54, 1.807) is 0 Å². The maximum Gasteiger partial charge on any atom is 0.262 e. The number of benzene rings is 2. The third-order valence-corrected chi connectivity index (χ3v) is 4.74. The van der Waals surface area contributed by atoms with E-state index in [9.17, 15) is 26.4 Å². The predicted molar refractivity (Wildman–Crippen MR) is 79.1 cm³/mol. The highest BCUT2D eigenvalue weighted by molar-refractivity contribution is 7.89. The molecule has 0 radical (unpaired) electrons. The molecular weight excluding hydrogens is 347 g/mol. The van der Waals surface area contributed by atoms with Crippen LogP contribution in [0.3, 0.4) is 0 Å². The van der Waals surface area contributed by atoms with Crippen LogP contribution in [0, 0.1) is 17.5 Å². The molecule has 3 rings (SSSR count). The first-order chi connectivity index (χ1) is 11.3. The van der Waals surface area contributed by atoms with Crippen molar-refractivity contribution in [2.45, 2.75) is 11.1 Å². The van der Waals surface area contributed by atoms with Gasteiger partial charge in [-0.3, -0.25) is 4.79 Å². The minimum Gasteiger partial charge on any atom is -0.360 e. The van der Waals surface area contributed by atoms with Crippen LogP contribution in [0.1, 0.15) is 0 Å². The second kappa shape index (κ2) is 5.80. The summed E-state index contributed by atoms with van der Waals surface area (Å²) in [6.07, 6.45) is -1.49. The number of amides is 1. The van der Waals surface area contributed by atoms with Crippen molar-refractivity contribution in [2.24, 2.45) is 0 Å². The smallest absolute Gasteiger partial charge is 0.262 e. The van der Waals surface area contributed by atoms with Crippen molar-refractivity contribution in [1.82, 2.24) is 4.72 Å². The van der Waals surface area contributed by atoms with Gasteiger partial charge in [0.15, 0.2) is 6.17 Å². The highest BCUT2D eigenvalue weighted by atomic mass is 32.2. The number of nitrogens with one attached hydrogen (secondary N) is 3. The molecule has 2 aromatic carbocycles. The van der Waals surface area contributed by atoms with Crippen molar-refractivity contribution < 1.29 is 26.4 Å². The van der Waals surface area contributed by atoms with Crippen LogP contribution < -0.4 is 15.4 Å². The number of sulfonamides is 1. The molecule has 1 unspecified atom stereocenters. The molecule has 1 atom stereocenters. The molecule has 0 spiro atoms. The first kappa shape index (κ1) is 16.3. The number of hydrogen-bond donors (Lipinski definition) is 3. The molecule has 0 saturated carbocycles. The standard InChI is InChI=1S/C14H10F3N3O3S/c15-7-1-3-10(9(17)5-7)19-14(21)13-18-11-6-8(16)2-4-12(11)24(22,23)20-13/h1-6,13,18,20H,(H,19,21). The van der Waals surface area contributed by atoms with Gasteiger partial charge in [0.25, 0.3) is 5.91 Å². The third kappa shape index (κ3) is 3.05.